The lowest BCUT2D eigenvalue weighted by Gasteiger charge is -2.02. The van der Waals surface area contributed by atoms with E-state index in [9.17, 15) is 9.18 Å². The second kappa shape index (κ2) is 5.70. The fraction of sp³-hybridized carbons (Fsp3) is 0.231. The first-order valence-corrected chi connectivity index (χ1v) is 5.62. The predicted octanol–water partition coefficient (Wildman–Crippen LogP) is 2.33. The van der Waals surface area contributed by atoms with Crippen molar-refractivity contribution < 1.29 is 28.2 Å². The Kier molecular flexibility index (Phi) is 3.99. The predicted molar refractivity (Wildman–Crippen MR) is 66.1 cm³/mol. The smallest absolute Gasteiger partial charge is 0.373 e. The van der Waals surface area contributed by atoms with Crippen molar-refractivity contribution in [3.8, 4) is 17.2 Å². The molecule has 2 aromatic rings. The van der Waals surface area contributed by atoms with Gasteiger partial charge in [0.05, 0.1) is 19.3 Å². The first kappa shape index (κ1) is 14.0. The molecule has 0 aliphatic heterocycles. The van der Waals surface area contributed by atoms with Gasteiger partial charge < -0.3 is 19.0 Å². The summed E-state index contributed by atoms with van der Waals surface area (Å²) in [6.07, 6.45) is 0. The highest BCUT2D eigenvalue weighted by Gasteiger charge is 2.22. The summed E-state index contributed by atoms with van der Waals surface area (Å²) in [4.78, 5) is 15.0. The molecular formula is C13H12FNO5. The SMILES string of the molecule is COCc1nc(-c2ccc(OC)cc2F)oc1C(=O)O. The Hall–Kier alpha value is -2.41. The van der Waals surface area contributed by atoms with Crippen LogP contribution in [-0.2, 0) is 11.3 Å². The maximum absolute atomic E-state index is 13.9. The number of hydrogen-bond donors (Lipinski definition) is 1. The summed E-state index contributed by atoms with van der Waals surface area (Å²) < 4.78 is 28.7. The number of carbonyl (C=O) groups is 1. The number of benzene rings is 1. The minimum atomic E-state index is -1.29. The topological polar surface area (TPSA) is 81.8 Å². The van der Waals surface area contributed by atoms with Crippen LogP contribution in [0.4, 0.5) is 4.39 Å². The summed E-state index contributed by atoms with van der Waals surface area (Å²) in [5.41, 5.74) is 0.154. The van der Waals surface area contributed by atoms with Gasteiger partial charge in [-0.15, -0.1) is 0 Å². The van der Waals surface area contributed by atoms with E-state index in [2.05, 4.69) is 4.98 Å². The zero-order valence-corrected chi connectivity index (χ0v) is 10.8. The Labute approximate surface area is 113 Å². The molecule has 20 heavy (non-hydrogen) atoms. The van der Waals surface area contributed by atoms with Gasteiger partial charge in [0.25, 0.3) is 0 Å². The average molecular weight is 281 g/mol. The van der Waals surface area contributed by atoms with E-state index in [-0.39, 0.29) is 29.5 Å². The van der Waals surface area contributed by atoms with Crippen LogP contribution in [0.3, 0.4) is 0 Å². The molecule has 0 aliphatic rings. The maximum Gasteiger partial charge on any atom is 0.373 e. The quantitative estimate of drug-likeness (QED) is 0.905. The van der Waals surface area contributed by atoms with Crippen LogP contribution >= 0.6 is 0 Å². The summed E-state index contributed by atoms with van der Waals surface area (Å²) in [5.74, 6) is -2.05. The van der Waals surface area contributed by atoms with Gasteiger partial charge in [-0.05, 0) is 12.1 Å². The number of halogens is 1. The summed E-state index contributed by atoms with van der Waals surface area (Å²) in [6.45, 7) is -0.0388. The molecule has 0 fully saturated rings. The molecule has 106 valence electrons. The van der Waals surface area contributed by atoms with Crippen LogP contribution in [0.5, 0.6) is 5.75 Å². The first-order valence-electron chi connectivity index (χ1n) is 5.62. The van der Waals surface area contributed by atoms with Gasteiger partial charge in [0.15, 0.2) is 0 Å². The third-order valence-corrected chi connectivity index (χ3v) is 2.58. The van der Waals surface area contributed by atoms with Gasteiger partial charge in [-0.2, -0.15) is 0 Å². The lowest BCUT2D eigenvalue weighted by atomic mass is 10.2. The van der Waals surface area contributed by atoms with Crippen molar-refractivity contribution in [2.45, 2.75) is 6.61 Å². The van der Waals surface area contributed by atoms with Crippen molar-refractivity contribution in [3.63, 3.8) is 0 Å². The van der Waals surface area contributed by atoms with Crippen molar-refractivity contribution in [2.24, 2.45) is 0 Å². The molecule has 0 atom stereocenters. The van der Waals surface area contributed by atoms with E-state index >= 15 is 0 Å². The molecule has 0 saturated heterocycles. The van der Waals surface area contributed by atoms with Crippen LogP contribution in [0, 0.1) is 5.82 Å². The minimum absolute atomic E-state index is 0.0388. The van der Waals surface area contributed by atoms with Crippen LogP contribution < -0.4 is 4.74 Å². The second-order valence-electron chi connectivity index (χ2n) is 3.88. The molecule has 0 bridgehead atoms. The third kappa shape index (κ3) is 2.62. The fourth-order valence-corrected chi connectivity index (χ4v) is 1.66. The molecule has 0 amide bonds. The van der Waals surface area contributed by atoms with E-state index in [0.717, 1.165) is 6.07 Å². The lowest BCUT2D eigenvalue weighted by Crippen LogP contribution is -2.00. The zero-order chi connectivity index (χ0) is 14.7. The molecule has 2 rings (SSSR count). The highest BCUT2D eigenvalue weighted by molar-refractivity contribution is 5.86. The van der Waals surface area contributed by atoms with Crippen molar-refractivity contribution in [1.82, 2.24) is 4.98 Å². The molecule has 1 aromatic heterocycles. The molecule has 0 radical (unpaired) electrons. The van der Waals surface area contributed by atoms with Gasteiger partial charge >= 0.3 is 5.97 Å². The molecular weight excluding hydrogens is 269 g/mol. The fourth-order valence-electron chi connectivity index (χ4n) is 1.66. The van der Waals surface area contributed by atoms with Gasteiger partial charge in [0.2, 0.25) is 11.7 Å². The second-order valence-corrected chi connectivity index (χ2v) is 3.88. The highest BCUT2D eigenvalue weighted by atomic mass is 19.1. The number of rotatable bonds is 5. The Morgan fingerprint density at radius 2 is 2.20 bits per heavy atom. The van der Waals surface area contributed by atoms with Crippen LogP contribution in [0.1, 0.15) is 16.2 Å². The number of ether oxygens (including phenoxy) is 2. The van der Waals surface area contributed by atoms with E-state index in [1.807, 2.05) is 0 Å². The molecule has 0 unspecified atom stereocenters. The monoisotopic (exact) mass is 281 g/mol. The van der Waals surface area contributed by atoms with E-state index in [4.69, 9.17) is 19.0 Å². The molecule has 0 saturated carbocycles. The Bertz CT molecular complexity index is 638. The van der Waals surface area contributed by atoms with E-state index < -0.39 is 11.8 Å². The number of aromatic nitrogens is 1. The number of aromatic carboxylic acids is 1. The van der Waals surface area contributed by atoms with Crippen molar-refractivity contribution in [3.05, 3.63) is 35.5 Å². The molecule has 1 aromatic carbocycles. The molecule has 6 nitrogen and oxygen atoms in total. The van der Waals surface area contributed by atoms with Gasteiger partial charge in [-0.3, -0.25) is 0 Å². The van der Waals surface area contributed by atoms with Gasteiger partial charge in [0.1, 0.15) is 17.3 Å². The summed E-state index contributed by atoms with van der Waals surface area (Å²) in [6, 6.07) is 4.09. The van der Waals surface area contributed by atoms with Crippen molar-refractivity contribution >= 4 is 5.97 Å². The molecule has 0 spiro atoms. The third-order valence-electron chi connectivity index (χ3n) is 2.58. The van der Waals surface area contributed by atoms with Crippen LogP contribution in [-0.4, -0.2) is 30.3 Å². The number of oxazole rings is 1. The normalized spacial score (nSPS) is 10.6. The van der Waals surface area contributed by atoms with Gasteiger partial charge in [0, 0.05) is 13.2 Å². The van der Waals surface area contributed by atoms with Crippen LogP contribution in [0.2, 0.25) is 0 Å². The summed E-state index contributed by atoms with van der Waals surface area (Å²) >= 11 is 0. The van der Waals surface area contributed by atoms with E-state index in [1.54, 1.807) is 0 Å². The molecule has 0 aliphatic carbocycles. The van der Waals surface area contributed by atoms with E-state index in [0.29, 0.717) is 5.75 Å². The molecule has 1 heterocycles. The standard InChI is InChI=1S/C13H12FNO5/c1-18-6-10-11(13(16)17)20-12(15-10)8-4-3-7(19-2)5-9(8)14/h3-5H,6H2,1-2H3,(H,16,17). The Balaban J connectivity index is 2.47. The first-order chi connectivity index (χ1) is 9.56. The summed E-state index contributed by atoms with van der Waals surface area (Å²) in [5, 5.41) is 9.00. The Morgan fingerprint density at radius 3 is 2.75 bits per heavy atom. The van der Waals surface area contributed by atoms with Crippen molar-refractivity contribution in [2.75, 3.05) is 14.2 Å². The number of hydrogen-bond acceptors (Lipinski definition) is 5. The lowest BCUT2D eigenvalue weighted by molar-refractivity contribution is 0.0656. The van der Waals surface area contributed by atoms with Gasteiger partial charge in [-0.25, -0.2) is 14.2 Å². The number of carboxylic acids is 1. The van der Waals surface area contributed by atoms with Gasteiger partial charge in [-0.1, -0.05) is 0 Å². The van der Waals surface area contributed by atoms with E-state index in [1.165, 1.54) is 26.4 Å². The largest absolute Gasteiger partial charge is 0.497 e. The maximum atomic E-state index is 13.9. The zero-order valence-electron chi connectivity index (χ0n) is 10.8. The summed E-state index contributed by atoms with van der Waals surface area (Å²) in [7, 11) is 2.81. The number of nitrogens with zero attached hydrogens (tertiary/aromatic N) is 1. The number of methoxy groups -OCH3 is 2. The van der Waals surface area contributed by atoms with Crippen LogP contribution in [0.15, 0.2) is 22.6 Å². The Morgan fingerprint density at radius 1 is 1.45 bits per heavy atom. The van der Waals surface area contributed by atoms with Crippen LogP contribution in [0.25, 0.3) is 11.5 Å². The molecule has 1 N–H and O–H groups in total. The molecule has 7 heteroatoms. The minimum Gasteiger partial charge on any atom is -0.497 e. The highest BCUT2D eigenvalue weighted by Crippen LogP contribution is 2.27. The number of carboxylic acid groups (broad SMARTS) is 1. The van der Waals surface area contributed by atoms with Crippen molar-refractivity contribution in [1.29, 1.82) is 0 Å². The average Bonchev–Trinajstić information content (AvgIpc) is 2.83.